The molecule has 2 aromatic rings. The molecule has 3 heteroatoms. The molecule has 0 amide bonds. The first kappa shape index (κ1) is 21.6. The van der Waals surface area contributed by atoms with Gasteiger partial charge in [-0.15, -0.1) is 11.3 Å². The normalized spacial score (nSPS) is 11.2. The summed E-state index contributed by atoms with van der Waals surface area (Å²) in [6.45, 7) is 9.74. The number of thiophene rings is 1. The number of hydrogen-bond donors (Lipinski definition) is 0. The van der Waals surface area contributed by atoms with E-state index in [1.54, 1.807) is 11.3 Å². The van der Waals surface area contributed by atoms with E-state index >= 15 is 0 Å². The molecule has 0 unspecified atom stereocenters. The molecule has 1 aromatic carbocycles. The van der Waals surface area contributed by atoms with Gasteiger partial charge in [-0.1, -0.05) is 46.1 Å². The Balaban J connectivity index is 2.23. The number of hydrogen-bond acceptors (Lipinski definition) is 3. The predicted molar refractivity (Wildman–Crippen MR) is 122 cm³/mol. The predicted octanol–water partition coefficient (Wildman–Crippen LogP) is 7.50. The largest absolute Gasteiger partial charge is 0.493 e. The fourth-order valence-electron chi connectivity index (χ4n) is 2.93. The third kappa shape index (κ3) is 7.42. The minimum atomic E-state index is 0.781. The molecule has 0 aliphatic rings. The van der Waals surface area contributed by atoms with E-state index in [4.69, 9.17) is 4.74 Å². The van der Waals surface area contributed by atoms with Crippen molar-refractivity contribution in [3.05, 3.63) is 46.2 Å². The number of benzene rings is 1. The van der Waals surface area contributed by atoms with Gasteiger partial charge in [-0.25, -0.2) is 0 Å². The van der Waals surface area contributed by atoms with Crippen LogP contribution in [0.3, 0.4) is 0 Å². The Kier molecular flexibility index (Phi) is 10.1. The lowest BCUT2D eigenvalue weighted by molar-refractivity contribution is 0.309. The van der Waals surface area contributed by atoms with Gasteiger partial charge >= 0.3 is 0 Å². The summed E-state index contributed by atoms with van der Waals surface area (Å²) in [6.07, 6.45) is 11.5. The van der Waals surface area contributed by atoms with E-state index in [1.165, 1.54) is 36.2 Å². The molecule has 0 aliphatic carbocycles. The second kappa shape index (κ2) is 12.6. The average molecular weight is 386 g/mol. The highest BCUT2D eigenvalue weighted by Gasteiger charge is 2.10. The Morgan fingerprint density at radius 1 is 0.926 bits per heavy atom. The summed E-state index contributed by atoms with van der Waals surface area (Å²) in [5, 5.41) is 2.11. The second-order valence-electron chi connectivity index (χ2n) is 6.97. The first-order valence-corrected chi connectivity index (χ1v) is 11.4. The highest BCUT2D eigenvalue weighted by molar-refractivity contribution is 7.10. The van der Waals surface area contributed by atoms with Crippen molar-refractivity contribution in [1.29, 1.82) is 0 Å². The Morgan fingerprint density at radius 3 is 2.30 bits per heavy atom. The molecule has 0 saturated heterocycles. The van der Waals surface area contributed by atoms with Crippen molar-refractivity contribution in [2.24, 2.45) is 0 Å². The van der Waals surface area contributed by atoms with Gasteiger partial charge in [-0.05, 0) is 55.0 Å². The molecule has 0 spiro atoms. The molecule has 0 aliphatic heterocycles. The molecule has 0 atom stereocenters. The molecule has 0 radical (unpaired) electrons. The van der Waals surface area contributed by atoms with Crippen molar-refractivity contribution in [1.82, 2.24) is 0 Å². The molecular formula is C24H35NOS. The third-order valence-corrected chi connectivity index (χ3v) is 5.49. The summed E-state index contributed by atoms with van der Waals surface area (Å²) in [5.74, 6) is 1.01. The van der Waals surface area contributed by atoms with Crippen LogP contribution in [0.15, 0.2) is 35.7 Å². The van der Waals surface area contributed by atoms with Gasteiger partial charge in [0, 0.05) is 35.3 Å². The van der Waals surface area contributed by atoms with Crippen LogP contribution < -0.4 is 9.64 Å². The van der Waals surface area contributed by atoms with Crippen LogP contribution in [-0.2, 0) is 0 Å². The van der Waals surface area contributed by atoms with Crippen molar-refractivity contribution in [3.63, 3.8) is 0 Å². The summed E-state index contributed by atoms with van der Waals surface area (Å²) in [4.78, 5) is 3.79. The van der Waals surface area contributed by atoms with Gasteiger partial charge in [-0.3, -0.25) is 0 Å². The van der Waals surface area contributed by atoms with Crippen molar-refractivity contribution in [2.45, 2.75) is 59.3 Å². The van der Waals surface area contributed by atoms with Crippen molar-refractivity contribution in [3.8, 4) is 5.75 Å². The average Bonchev–Trinajstić information content (AvgIpc) is 3.21. The third-order valence-electron chi connectivity index (χ3n) is 4.65. The number of rotatable bonds is 13. The fourth-order valence-corrected chi connectivity index (χ4v) is 3.55. The smallest absolute Gasteiger partial charge is 0.128 e. The van der Waals surface area contributed by atoms with Gasteiger partial charge < -0.3 is 9.64 Å². The van der Waals surface area contributed by atoms with E-state index in [0.717, 1.165) is 43.9 Å². The molecule has 27 heavy (non-hydrogen) atoms. The Bertz CT molecular complexity index is 655. The van der Waals surface area contributed by atoms with Crippen LogP contribution in [-0.4, -0.2) is 19.7 Å². The second-order valence-corrected chi connectivity index (χ2v) is 7.95. The Hall–Kier alpha value is -1.74. The molecule has 2 nitrogen and oxygen atoms in total. The number of nitrogens with zero attached hydrogens (tertiary/aromatic N) is 1. The molecule has 148 valence electrons. The molecule has 0 saturated carbocycles. The van der Waals surface area contributed by atoms with Crippen LogP contribution in [0.2, 0.25) is 0 Å². The topological polar surface area (TPSA) is 12.5 Å². The SMILES string of the molecule is CCCCOc1cc(N(CCCC)CCCC)ccc1/C=C/c1cccs1. The van der Waals surface area contributed by atoms with E-state index in [2.05, 4.69) is 73.5 Å². The lowest BCUT2D eigenvalue weighted by Crippen LogP contribution is -2.25. The van der Waals surface area contributed by atoms with Gasteiger partial charge in [0.25, 0.3) is 0 Å². The van der Waals surface area contributed by atoms with Gasteiger partial charge in [0.1, 0.15) is 5.75 Å². The standard InChI is InChI=1S/C24H35NOS/c1-4-7-16-25(17-8-5-2)22-14-12-21(13-15-23-11-10-19-27-23)24(20-22)26-18-9-6-3/h10-15,19-20H,4-9,16-18H2,1-3H3/b15-13+. The highest BCUT2D eigenvalue weighted by atomic mass is 32.1. The highest BCUT2D eigenvalue weighted by Crippen LogP contribution is 2.29. The lowest BCUT2D eigenvalue weighted by atomic mass is 10.1. The van der Waals surface area contributed by atoms with Gasteiger partial charge in [0.05, 0.1) is 6.61 Å². The Morgan fingerprint density at radius 2 is 1.67 bits per heavy atom. The van der Waals surface area contributed by atoms with Crippen LogP contribution in [0, 0.1) is 0 Å². The molecule has 0 fully saturated rings. The van der Waals surface area contributed by atoms with Crippen LogP contribution in [0.4, 0.5) is 5.69 Å². The van der Waals surface area contributed by atoms with E-state index in [-0.39, 0.29) is 0 Å². The number of anilines is 1. The molecule has 0 N–H and O–H groups in total. The zero-order valence-corrected chi connectivity index (χ0v) is 18.1. The first-order valence-electron chi connectivity index (χ1n) is 10.5. The molecule has 0 bridgehead atoms. The fraction of sp³-hybridized carbons (Fsp3) is 0.500. The quantitative estimate of drug-likeness (QED) is 0.331. The van der Waals surface area contributed by atoms with E-state index in [0.29, 0.717) is 0 Å². The van der Waals surface area contributed by atoms with Gasteiger partial charge in [0.2, 0.25) is 0 Å². The van der Waals surface area contributed by atoms with Gasteiger partial charge in [0.15, 0.2) is 0 Å². The van der Waals surface area contributed by atoms with Crippen molar-refractivity contribution >= 4 is 29.2 Å². The maximum absolute atomic E-state index is 6.17. The van der Waals surface area contributed by atoms with Crippen LogP contribution >= 0.6 is 11.3 Å². The lowest BCUT2D eigenvalue weighted by Gasteiger charge is -2.25. The van der Waals surface area contributed by atoms with E-state index in [1.807, 2.05) is 0 Å². The van der Waals surface area contributed by atoms with Crippen LogP contribution in [0.25, 0.3) is 12.2 Å². The molecule has 1 heterocycles. The summed E-state index contributed by atoms with van der Waals surface area (Å²) >= 11 is 1.76. The van der Waals surface area contributed by atoms with E-state index < -0.39 is 0 Å². The van der Waals surface area contributed by atoms with Crippen LogP contribution in [0.1, 0.15) is 69.7 Å². The number of ether oxygens (including phenoxy) is 1. The monoisotopic (exact) mass is 385 g/mol. The summed E-state index contributed by atoms with van der Waals surface area (Å²) in [7, 11) is 0. The minimum Gasteiger partial charge on any atom is -0.493 e. The zero-order chi connectivity index (χ0) is 19.3. The van der Waals surface area contributed by atoms with Crippen molar-refractivity contribution in [2.75, 3.05) is 24.6 Å². The van der Waals surface area contributed by atoms with Crippen LogP contribution in [0.5, 0.6) is 5.75 Å². The van der Waals surface area contributed by atoms with E-state index in [9.17, 15) is 0 Å². The molecule has 2 rings (SSSR count). The zero-order valence-electron chi connectivity index (χ0n) is 17.2. The number of unbranched alkanes of at least 4 members (excludes halogenated alkanes) is 3. The summed E-state index contributed by atoms with van der Waals surface area (Å²) in [6, 6.07) is 10.9. The maximum atomic E-state index is 6.17. The van der Waals surface area contributed by atoms with Crippen molar-refractivity contribution < 1.29 is 4.74 Å². The Labute approximate surface area is 169 Å². The maximum Gasteiger partial charge on any atom is 0.128 e. The molecular weight excluding hydrogens is 350 g/mol. The molecule has 1 aromatic heterocycles. The first-order chi connectivity index (χ1) is 13.3. The van der Waals surface area contributed by atoms with Gasteiger partial charge in [-0.2, -0.15) is 0 Å². The minimum absolute atomic E-state index is 0.781. The summed E-state index contributed by atoms with van der Waals surface area (Å²) in [5.41, 5.74) is 2.45. The summed E-state index contributed by atoms with van der Waals surface area (Å²) < 4.78 is 6.17.